The smallest absolute Gasteiger partial charge is 0.254 e. The Morgan fingerprint density at radius 2 is 2.00 bits per heavy atom. The number of terminal acetylenes is 1. The SMILES string of the molecule is C#CCN(CCC)C(=O)c1cc(Cl)c(N)c(Cl)c1. The molecule has 1 aromatic carbocycles. The first kappa shape index (κ1) is 14.7. The lowest BCUT2D eigenvalue weighted by Gasteiger charge is -2.20. The van der Waals surface area contributed by atoms with Crippen molar-refractivity contribution in [1.29, 1.82) is 0 Å². The van der Waals surface area contributed by atoms with Crippen LogP contribution in [0.5, 0.6) is 0 Å². The first-order valence-electron chi connectivity index (χ1n) is 5.48. The van der Waals surface area contributed by atoms with E-state index in [4.69, 9.17) is 35.4 Å². The molecule has 0 spiro atoms. The van der Waals surface area contributed by atoms with Crippen LogP contribution >= 0.6 is 23.2 Å². The summed E-state index contributed by atoms with van der Waals surface area (Å²) in [5, 5.41) is 0.533. The lowest BCUT2D eigenvalue weighted by molar-refractivity contribution is 0.0777. The van der Waals surface area contributed by atoms with Crippen LogP contribution in [0.15, 0.2) is 12.1 Å². The van der Waals surface area contributed by atoms with Gasteiger partial charge in [0.1, 0.15) is 0 Å². The summed E-state index contributed by atoms with van der Waals surface area (Å²) >= 11 is 11.8. The van der Waals surface area contributed by atoms with Gasteiger partial charge in [-0.15, -0.1) is 6.42 Å². The van der Waals surface area contributed by atoms with E-state index in [0.29, 0.717) is 12.1 Å². The average molecular weight is 285 g/mol. The molecule has 1 amide bonds. The number of carbonyl (C=O) groups excluding carboxylic acids is 1. The number of nitrogens with zero attached hydrogens (tertiary/aromatic N) is 1. The molecule has 0 unspecified atom stereocenters. The third-order valence-corrected chi connectivity index (χ3v) is 3.01. The molecule has 0 aliphatic carbocycles. The maximum Gasteiger partial charge on any atom is 0.254 e. The van der Waals surface area contributed by atoms with Crippen molar-refractivity contribution in [3.63, 3.8) is 0 Å². The van der Waals surface area contributed by atoms with Gasteiger partial charge < -0.3 is 10.6 Å². The number of rotatable bonds is 4. The van der Waals surface area contributed by atoms with Crippen LogP contribution in [-0.4, -0.2) is 23.9 Å². The van der Waals surface area contributed by atoms with Gasteiger partial charge >= 0.3 is 0 Å². The number of nitrogens with two attached hydrogens (primary N) is 1. The summed E-state index contributed by atoms with van der Waals surface area (Å²) in [4.78, 5) is 13.8. The molecule has 0 aromatic heterocycles. The summed E-state index contributed by atoms with van der Waals surface area (Å²) in [6.07, 6.45) is 6.07. The van der Waals surface area contributed by atoms with E-state index in [9.17, 15) is 4.79 Å². The Morgan fingerprint density at radius 3 is 2.44 bits per heavy atom. The normalized spacial score (nSPS) is 9.89. The second-order valence-corrected chi connectivity index (χ2v) is 4.60. The highest BCUT2D eigenvalue weighted by atomic mass is 35.5. The maximum atomic E-state index is 12.2. The number of carbonyl (C=O) groups is 1. The predicted molar refractivity (Wildman–Crippen MR) is 75.9 cm³/mol. The van der Waals surface area contributed by atoms with Gasteiger partial charge in [-0.1, -0.05) is 36.0 Å². The molecule has 5 heteroatoms. The summed E-state index contributed by atoms with van der Waals surface area (Å²) in [5.41, 5.74) is 6.29. The fourth-order valence-electron chi connectivity index (χ4n) is 1.52. The van der Waals surface area contributed by atoms with Gasteiger partial charge in [0.05, 0.1) is 22.3 Å². The molecule has 0 saturated heterocycles. The van der Waals surface area contributed by atoms with Crippen LogP contribution in [0.1, 0.15) is 23.7 Å². The zero-order valence-electron chi connectivity index (χ0n) is 10.0. The van der Waals surface area contributed by atoms with Crippen molar-refractivity contribution in [2.45, 2.75) is 13.3 Å². The molecular weight excluding hydrogens is 271 g/mol. The Bertz CT molecular complexity index is 471. The van der Waals surface area contributed by atoms with E-state index in [-0.39, 0.29) is 28.2 Å². The number of hydrogen-bond donors (Lipinski definition) is 1. The number of nitrogen functional groups attached to an aromatic ring is 1. The molecule has 0 fully saturated rings. The molecule has 0 aliphatic heterocycles. The van der Waals surface area contributed by atoms with Crippen LogP contribution in [0.2, 0.25) is 10.0 Å². The van der Waals surface area contributed by atoms with Gasteiger partial charge in [-0.25, -0.2) is 0 Å². The largest absolute Gasteiger partial charge is 0.396 e. The third-order valence-electron chi connectivity index (χ3n) is 2.39. The Labute approximate surface area is 117 Å². The standard InChI is InChI=1S/C13H14Cl2N2O/c1-3-5-17(6-4-2)13(18)9-7-10(14)12(16)11(15)8-9/h1,7-8H,4-6,16H2,2H3. The van der Waals surface area contributed by atoms with Crippen molar-refractivity contribution < 1.29 is 4.79 Å². The molecule has 1 rings (SSSR count). The average Bonchev–Trinajstić information content (AvgIpc) is 2.34. The van der Waals surface area contributed by atoms with E-state index in [1.165, 1.54) is 12.1 Å². The van der Waals surface area contributed by atoms with E-state index >= 15 is 0 Å². The van der Waals surface area contributed by atoms with Crippen molar-refractivity contribution in [3.8, 4) is 12.3 Å². The van der Waals surface area contributed by atoms with E-state index in [0.717, 1.165) is 6.42 Å². The van der Waals surface area contributed by atoms with Gasteiger partial charge in [0.25, 0.3) is 5.91 Å². The predicted octanol–water partition coefficient (Wildman–Crippen LogP) is 3.06. The van der Waals surface area contributed by atoms with Crippen molar-refractivity contribution >= 4 is 34.8 Å². The van der Waals surface area contributed by atoms with Gasteiger partial charge in [0.2, 0.25) is 0 Å². The van der Waals surface area contributed by atoms with Crippen molar-refractivity contribution in [1.82, 2.24) is 4.90 Å². The fraction of sp³-hybridized carbons (Fsp3) is 0.308. The Hall–Kier alpha value is -1.37. The molecular formula is C13H14Cl2N2O. The molecule has 2 N–H and O–H groups in total. The van der Waals surface area contributed by atoms with Crippen LogP contribution in [0.4, 0.5) is 5.69 Å². The van der Waals surface area contributed by atoms with E-state index < -0.39 is 0 Å². The summed E-state index contributed by atoms with van der Waals surface area (Å²) < 4.78 is 0. The summed E-state index contributed by atoms with van der Waals surface area (Å²) in [6, 6.07) is 3.01. The van der Waals surface area contributed by atoms with Gasteiger partial charge in [0, 0.05) is 12.1 Å². The molecule has 96 valence electrons. The molecule has 0 aliphatic rings. The van der Waals surface area contributed by atoms with E-state index in [1.807, 2.05) is 6.92 Å². The topological polar surface area (TPSA) is 46.3 Å². The lowest BCUT2D eigenvalue weighted by Crippen LogP contribution is -2.32. The second-order valence-electron chi connectivity index (χ2n) is 3.78. The third kappa shape index (κ3) is 3.32. The zero-order chi connectivity index (χ0) is 13.7. The number of anilines is 1. The first-order valence-corrected chi connectivity index (χ1v) is 6.24. The molecule has 0 radical (unpaired) electrons. The van der Waals surface area contributed by atoms with Crippen molar-refractivity contribution in [3.05, 3.63) is 27.7 Å². The van der Waals surface area contributed by atoms with Crippen molar-refractivity contribution in [2.75, 3.05) is 18.8 Å². The molecule has 3 nitrogen and oxygen atoms in total. The van der Waals surface area contributed by atoms with E-state index in [1.54, 1.807) is 4.90 Å². The van der Waals surface area contributed by atoms with Gasteiger partial charge in [-0.05, 0) is 18.6 Å². The minimum Gasteiger partial charge on any atom is -0.396 e. The van der Waals surface area contributed by atoms with Gasteiger partial charge in [-0.3, -0.25) is 4.79 Å². The molecule has 0 atom stereocenters. The molecule has 0 heterocycles. The Morgan fingerprint density at radius 1 is 1.44 bits per heavy atom. The molecule has 1 aromatic rings. The highest BCUT2D eigenvalue weighted by Gasteiger charge is 2.16. The van der Waals surface area contributed by atoms with Crippen LogP contribution < -0.4 is 5.73 Å². The quantitative estimate of drug-likeness (QED) is 0.682. The molecule has 18 heavy (non-hydrogen) atoms. The number of halogens is 2. The first-order chi connectivity index (χ1) is 8.51. The van der Waals surface area contributed by atoms with Gasteiger partial charge in [0.15, 0.2) is 0 Å². The monoisotopic (exact) mass is 284 g/mol. The van der Waals surface area contributed by atoms with Crippen LogP contribution in [0.3, 0.4) is 0 Å². The number of hydrogen-bond acceptors (Lipinski definition) is 2. The fourth-order valence-corrected chi connectivity index (χ4v) is 2.01. The summed E-state index contributed by atoms with van der Waals surface area (Å²) in [7, 11) is 0. The van der Waals surface area contributed by atoms with Crippen LogP contribution in [0, 0.1) is 12.3 Å². The van der Waals surface area contributed by atoms with E-state index in [2.05, 4.69) is 5.92 Å². The minimum absolute atomic E-state index is 0.196. The van der Waals surface area contributed by atoms with Crippen molar-refractivity contribution in [2.24, 2.45) is 0 Å². The highest BCUT2D eigenvalue weighted by molar-refractivity contribution is 6.39. The summed E-state index contributed by atoms with van der Waals surface area (Å²) in [6.45, 7) is 2.81. The van der Waals surface area contributed by atoms with Crippen LogP contribution in [-0.2, 0) is 0 Å². The lowest BCUT2D eigenvalue weighted by atomic mass is 10.1. The van der Waals surface area contributed by atoms with Crippen LogP contribution in [0.25, 0.3) is 0 Å². The maximum absolute atomic E-state index is 12.2. The highest BCUT2D eigenvalue weighted by Crippen LogP contribution is 2.29. The Kier molecular flexibility index (Phi) is 5.33. The summed E-state index contributed by atoms with van der Waals surface area (Å²) in [5.74, 6) is 2.26. The van der Waals surface area contributed by atoms with Gasteiger partial charge in [-0.2, -0.15) is 0 Å². The number of amides is 1. The molecule has 0 saturated carbocycles. The number of benzene rings is 1. The minimum atomic E-state index is -0.196. The zero-order valence-corrected chi connectivity index (χ0v) is 11.6. The Balaban J connectivity index is 3.05. The molecule has 0 bridgehead atoms. The second kappa shape index (κ2) is 6.53.